The summed E-state index contributed by atoms with van der Waals surface area (Å²) in [5.41, 5.74) is 0. The zero-order chi connectivity index (χ0) is 52.9. The summed E-state index contributed by atoms with van der Waals surface area (Å²) in [7, 11) is 1.43. The Morgan fingerprint density at radius 1 is 0.500 bits per heavy atom. The molecule has 0 radical (unpaired) electrons. The number of allylic oxidation sites excluding steroid dienone is 19. The molecule has 0 rings (SSSR count). The molecule has 10 heteroatoms. The smallest absolute Gasteiger partial charge is 0.456 e. The van der Waals surface area contributed by atoms with Crippen molar-refractivity contribution >= 4 is 19.7 Å². The van der Waals surface area contributed by atoms with Crippen LogP contribution in [0.4, 0.5) is 0 Å². The monoisotopic (exact) mass is 1020 g/mol. The number of amides is 1. The van der Waals surface area contributed by atoms with Gasteiger partial charge < -0.3 is 19.4 Å². The van der Waals surface area contributed by atoms with Crippen LogP contribution in [0.3, 0.4) is 0 Å². The Morgan fingerprint density at radius 2 is 0.889 bits per heavy atom. The van der Waals surface area contributed by atoms with Crippen molar-refractivity contribution in [3.8, 4) is 0 Å². The molecular formula is C62H106N2O7P+. The lowest BCUT2D eigenvalue weighted by molar-refractivity contribution is -0.870. The summed E-state index contributed by atoms with van der Waals surface area (Å²) in [4.78, 5) is 37.5. The van der Waals surface area contributed by atoms with Crippen LogP contribution in [0.1, 0.15) is 207 Å². The number of esters is 1. The number of nitrogens with one attached hydrogen (secondary N) is 1. The van der Waals surface area contributed by atoms with E-state index in [4.69, 9.17) is 13.8 Å². The number of phosphoric ester groups is 1. The standard InChI is InChI=1S/C62H105N2O7P/c1-7-10-13-16-19-22-25-27-29-30-31-32-33-34-35-37-40-43-46-49-52-55-62(66)71-60(53-50-47-44-41-38-24-21-18-15-12-9-3)59(58-70-72(67,68)69-57-56-64(4,5)6)63-61(65)54-51-48-45-42-39-36-28-26-23-20-17-14-11-8-2/h10-11,13-14,19-20,22-23,27-29,31-32,34-36,40,43,50,53,59-60H,7-9,12,15-18,21,24-26,30,33,37-39,41-42,44-49,51-52,54-58H2,1-6H3,(H-,63,65,67,68)/p+1/b13-10-,14-11+,22-19-,23-20+,29-27-,32-31-,35-34-,36-28+,43-40-,53-50-. The number of ether oxygens (including phenoxy) is 1. The third-order valence-electron chi connectivity index (χ3n) is 11.6. The van der Waals surface area contributed by atoms with Crippen LogP contribution in [0.5, 0.6) is 0 Å². The van der Waals surface area contributed by atoms with Gasteiger partial charge in [-0.05, 0) is 115 Å². The van der Waals surface area contributed by atoms with Crippen molar-refractivity contribution < 1.29 is 37.3 Å². The molecule has 3 unspecified atom stereocenters. The topological polar surface area (TPSA) is 111 Å². The largest absolute Gasteiger partial charge is 0.472 e. The van der Waals surface area contributed by atoms with Gasteiger partial charge >= 0.3 is 13.8 Å². The minimum Gasteiger partial charge on any atom is -0.456 e. The van der Waals surface area contributed by atoms with Crippen molar-refractivity contribution in [2.45, 2.75) is 219 Å². The van der Waals surface area contributed by atoms with E-state index in [9.17, 15) is 19.0 Å². The normalized spacial score (nSPS) is 14.7. The molecule has 9 nitrogen and oxygen atoms in total. The number of likely N-dealkylation sites (N-methyl/N-ethyl adjacent to an activating group) is 1. The van der Waals surface area contributed by atoms with E-state index >= 15 is 0 Å². The fourth-order valence-electron chi connectivity index (χ4n) is 7.31. The summed E-state index contributed by atoms with van der Waals surface area (Å²) >= 11 is 0. The summed E-state index contributed by atoms with van der Waals surface area (Å²) in [5, 5.41) is 3.01. The first kappa shape index (κ1) is 68.4. The van der Waals surface area contributed by atoms with E-state index in [-0.39, 0.29) is 37.9 Å². The maximum atomic E-state index is 13.5. The third kappa shape index (κ3) is 51.3. The zero-order valence-corrected chi connectivity index (χ0v) is 47.5. The number of carbonyl (C=O) groups is 2. The molecule has 410 valence electrons. The molecular weight excluding hydrogens is 916 g/mol. The number of hydrogen-bond acceptors (Lipinski definition) is 6. The average Bonchev–Trinajstić information content (AvgIpc) is 3.34. The Hall–Kier alpha value is -3.59. The number of hydrogen-bond donors (Lipinski definition) is 2. The molecule has 72 heavy (non-hydrogen) atoms. The van der Waals surface area contributed by atoms with Gasteiger partial charge in [0.05, 0.1) is 33.8 Å². The van der Waals surface area contributed by atoms with Gasteiger partial charge in [0.2, 0.25) is 5.91 Å². The second-order valence-corrected chi connectivity index (χ2v) is 21.1. The first-order valence-electron chi connectivity index (χ1n) is 28.4. The first-order valence-corrected chi connectivity index (χ1v) is 29.9. The fraction of sp³-hybridized carbons (Fsp3) is 0.645. The second-order valence-electron chi connectivity index (χ2n) is 19.7. The Labute approximate surface area is 442 Å². The lowest BCUT2D eigenvalue weighted by Crippen LogP contribution is -2.47. The molecule has 2 N–H and O–H groups in total. The van der Waals surface area contributed by atoms with Crippen molar-refractivity contribution in [1.29, 1.82) is 0 Å². The quantitative estimate of drug-likeness (QED) is 0.0205. The zero-order valence-electron chi connectivity index (χ0n) is 46.6. The highest BCUT2D eigenvalue weighted by Gasteiger charge is 2.30. The van der Waals surface area contributed by atoms with Crippen LogP contribution in [0.15, 0.2) is 122 Å². The van der Waals surface area contributed by atoms with Gasteiger partial charge in [0, 0.05) is 12.8 Å². The van der Waals surface area contributed by atoms with Crippen LogP contribution in [0.25, 0.3) is 0 Å². The summed E-state index contributed by atoms with van der Waals surface area (Å²) in [6.45, 7) is 6.70. The Morgan fingerprint density at radius 3 is 1.35 bits per heavy atom. The van der Waals surface area contributed by atoms with Crippen molar-refractivity contribution in [2.75, 3.05) is 40.9 Å². The molecule has 0 aliphatic carbocycles. The van der Waals surface area contributed by atoms with Crippen molar-refractivity contribution in [1.82, 2.24) is 5.32 Å². The molecule has 0 spiro atoms. The lowest BCUT2D eigenvalue weighted by Gasteiger charge is -2.27. The molecule has 1 amide bonds. The van der Waals surface area contributed by atoms with E-state index in [1.807, 2.05) is 33.3 Å². The first-order chi connectivity index (χ1) is 34.9. The Kier molecular flexibility index (Phi) is 48.4. The number of nitrogens with zero attached hydrogens (tertiary/aromatic N) is 1. The minimum atomic E-state index is -4.47. The SMILES string of the molecule is CC/C=C\C/C=C\C/C=C\C/C=C\C/C=C\C/C=C\CCCCC(=O)OC(/C=C\CCCCCCCCCCC)C(COP(=O)(O)OCC[N+](C)(C)C)NC(=O)CCCCCC/C=C/C/C=C/C/C=C/CC. The molecule has 0 aromatic heterocycles. The van der Waals surface area contributed by atoms with Crippen LogP contribution in [-0.4, -0.2) is 74.3 Å². The van der Waals surface area contributed by atoms with E-state index < -0.39 is 20.0 Å². The van der Waals surface area contributed by atoms with Gasteiger partial charge in [-0.25, -0.2) is 4.57 Å². The van der Waals surface area contributed by atoms with Gasteiger partial charge in [0.1, 0.15) is 19.3 Å². The van der Waals surface area contributed by atoms with E-state index in [1.165, 1.54) is 44.9 Å². The van der Waals surface area contributed by atoms with Crippen molar-refractivity contribution in [3.05, 3.63) is 122 Å². The predicted octanol–water partition coefficient (Wildman–Crippen LogP) is 17.2. The van der Waals surface area contributed by atoms with Gasteiger partial charge in [-0.2, -0.15) is 0 Å². The molecule has 0 saturated carbocycles. The highest BCUT2D eigenvalue weighted by Crippen LogP contribution is 2.43. The van der Waals surface area contributed by atoms with E-state index in [2.05, 4.69) is 135 Å². The molecule has 0 aliphatic heterocycles. The van der Waals surface area contributed by atoms with E-state index in [1.54, 1.807) is 0 Å². The number of quaternary nitrogens is 1. The molecule has 0 bridgehead atoms. The maximum Gasteiger partial charge on any atom is 0.472 e. The van der Waals surface area contributed by atoms with Gasteiger partial charge in [0.25, 0.3) is 0 Å². The van der Waals surface area contributed by atoms with E-state index in [0.717, 1.165) is 116 Å². The van der Waals surface area contributed by atoms with Gasteiger partial charge in [-0.15, -0.1) is 0 Å². The van der Waals surface area contributed by atoms with E-state index in [0.29, 0.717) is 23.9 Å². The fourth-order valence-corrected chi connectivity index (χ4v) is 8.04. The van der Waals surface area contributed by atoms with Gasteiger partial charge in [-0.1, -0.05) is 200 Å². The number of rotatable bonds is 49. The minimum absolute atomic E-state index is 0.0215. The van der Waals surface area contributed by atoms with Crippen molar-refractivity contribution in [2.24, 2.45) is 0 Å². The highest BCUT2D eigenvalue weighted by atomic mass is 31.2. The predicted molar refractivity (Wildman–Crippen MR) is 309 cm³/mol. The molecule has 0 aromatic carbocycles. The average molecular weight is 1020 g/mol. The molecule has 0 saturated heterocycles. The lowest BCUT2D eigenvalue weighted by atomic mass is 10.1. The molecule has 3 atom stereocenters. The van der Waals surface area contributed by atoms with Gasteiger partial charge in [0.15, 0.2) is 0 Å². The van der Waals surface area contributed by atoms with Crippen molar-refractivity contribution in [3.63, 3.8) is 0 Å². The third-order valence-corrected chi connectivity index (χ3v) is 12.6. The molecule has 0 aliphatic rings. The number of phosphoric acid groups is 1. The van der Waals surface area contributed by atoms with Crippen LogP contribution in [0, 0.1) is 0 Å². The summed E-state index contributed by atoms with van der Waals surface area (Å²) in [5.74, 6) is -0.595. The summed E-state index contributed by atoms with van der Waals surface area (Å²) in [6.07, 6.45) is 70.6. The van der Waals surface area contributed by atoms with Crippen LogP contribution in [0.2, 0.25) is 0 Å². The Bertz CT molecular complexity index is 1650. The Balaban J connectivity index is 5.42. The molecule has 0 aromatic rings. The van der Waals surface area contributed by atoms with Gasteiger partial charge in [-0.3, -0.25) is 18.6 Å². The summed E-state index contributed by atoms with van der Waals surface area (Å²) in [6, 6.07) is -0.885. The molecule has 0 heterocycles. The summed E-state index contributed by atoms with van der Waals surface area (Å²) < 4.78 is 30.5. The van der Waals surface area contributed by atoms with Crippen LogP contribution >= 0.6 is 7.82 Å². The van der Waals surface area contributed by atoms with Crippen LogP contribution in [-0.2, 0) is 27.9 Å². The highest BCUT2D eigenvalue weighted by molar-refractivity contribution is 7.47. The molecule has 0 fully saturated rings. The van der Waals surface area contributed by atoms with Crippen LogP contribution < -0.4 is 5.32 Å². The number of carbonyl (C=O) groups excluding carboxylic acids is 2. The number of unbranched alkanes of at least 4 members (excludes halogenated alkanes) is 15. The maximum absolute atomic E-state index is 13.5. The second kappa shape index (κ2) is 50.9.